The zero-order valence-electron chi connectivity index (χ0n) is 15.8. The summed E-state index contributed by atoms with van der Waals surface area (Å²) in [4.78, 5) is 20.7. The summed E-state index contributed by atoms with van der Waals surface area (Å²) < 4.78 is 1.25. The van der Waals surface area contributed by atoms with Gasteiger partial charge in [-0.1, -0.05) is 30.3 Å². The molecule has 0 spiro atoms. The number of hydrogen-bond donors (Lipinski definition) is 1. The third kappa shape index (κ3) is 5.13. The van der Waals surface area contributed by atoms with E-state index in [4.69, 9.17) is 4.98 Å². The number of nitrogens with one attached hydrogen (secondary N) is 1. The monoisotopic (exact) mass is 411 g/mol. The Morgan fingerprint density at radius 3 is 2.86 bits per heavy atom. The van der Waals surface area contributed by atoms with E-state index < -0.39 is 0 Å². The Morgan fingerprint density at radius 2 is 2.00 bits per heavy atom. The third-order valence-electron chi connectivity index (χ3n) is 4.97. The minimum absolute atomic E-state index is 0.124. The molecule has 0 aliphatic carbocycles. The number of carbonyl (C=O) groups excluding carboxylic acids is 1. The van der Waals surface area contributed by atoms with Crippen molar-refractivity contribution in [3.8, 4) is 0 Å². The summed E-state index contributed by atoms with van der Waals surface area (Å²) in [6.07, 6.45) is 2.28. The average Bonchev–Trinajstić information content (AvgIpc) is 3.17. The van der Waals surface area contributed by atoms with E-state index in [0.717, 1.165) is 37.2 Å². The van der Waals surface area contributed by atoms with Gasteiger partial charge in [0.2, 0.25) is 5.91 Å². The van der Waals surface area contributed by atoms with Crippen LogP contribution >= 0.6 is 23.1 Å². The maximum Gasteiger partial charge on any atom is 0.234 e. The van der Waals surface area contributed by atoms with Crippen LogP contribution in [0.3, 0.4) is 0 Å². The zero-order valence-corrected chi connectivity index (χ0v) is 17.5. The summed E-state index contributed by atoms with van der Waals surface area (Å²) in [6.45, 7) is 3.10. The minimum Gasteiger partial charge on any atom is -0.354 e. The number of piperidine rings is 1. The molecule has 1 aliphatic heterocycles. The lowest BCUT2D eigenvalue weighted by Crippen LogP contribution is -2.42. The second-order valence-corrected chi connectivity index (χ2v) is 9.34. The first kappa shape index (κ1) is 19.4. The molecule has 1 fully saturated rings. The van der Waals surface area contributed by atoms with Crippen molar-refractivity contribution in [1.29, 1.82) is 0 Å². The van der Waals surface area contributed by atoms with Crippen molar-refractivity contribution >= 4 is 39.2 Å². The normalized spacial score (nSPS) is 17.6. The van der Waals surface area contributed by atoms with Crippen molar-refractivity contribution in [2.24, 2.45) is 0 Å². The molecule has 1 N–H and O–H groups in total. The molecule has 1 amide bonds. The second-order valence-electron chi connectivity index (χ2n) is 7.11. The summed E-state index contributed by atoms with van der Waals surface area (Å²) in [5.74, 6) is 1.45. The van der Waals surface area contributed by atoms with Crippen molar-refractivity contribution in [2.45, 2.75) is 23.7 Å². The van der Waals surface area contributed by atoms with Crippen LogP contribution in [0.4, 0.5) is 0 Å². The Balaban J connectivity index is 1.23. The summed E-state index contributed by atoms with van der Waals surface area (Å²) in [5, 5.41) is 4.28. The molecule has 3 aromatic rings. The third-order valence-corrected chi connectivity index (χ3v) is 7.18. The van der Waals surface area contributed by atoms with Gasteiger partial charge >= 0.3 is 0 Å². The molecule has 1 saturated heterocycles. The van der Waals surface area contributed by atoms with Crippen LogP contribution in [0, 0.1) is 0 Å². The Bertz CT molecular complexity index is 879. The first-order chi connectivity index (χ1) is 13.8. The number of benzene rings is 2. The first-order valence-corrected chi connectivity index (χ1v) is 11.6. The van der Waals surface area contributed by atoms with Crippen molar-refractivity contribution < 1.29 is 4.79 Å². The van der Waals surface area contributed by atoms with E-state index in [9.17, 15) is 4.79 Å². The molecule has 0 unspecified atom stereocenters. The van der Waals surface area contributed by atoms with Gasteiger partial charge in [-0.3, -0.25) is 9.69 Å². The van der Waals surface area contributed by atoms with Gasteiger partial charge in [-0.25, -0.2) is 4.98 Å². The van der Waals surface area contributed by atoms with Crippen molar-refractivity contribution in [3.05, 3.63) is 59.6 Å². The molecule has 1 aromatic heterocycles. The highest BCUT2D eigenvalue weighted by molar-refractivity contribution is 7.99. The predicted octanol–water partition coefficient (Wildman–Crippen LogP) is 4.38. The van der Waals surface area contributed by atoms with Gasteiger partial charge in [0, 0.05) is 29.7 Å². The molecule has 146 valence electrons. The average molecular weight is 412 g/mol. The number of thiazole rings is 1. The smallest absolute Gasteiger partial charge is 0.234 e. The van der Waals surface area contributed by atoms with Crippen LogP contribution in [0.1, 0.15) is 23.8 Å². The van der Waals surface area contributed by atoms with E-state index in [1.807, 2.05) is 24.3 Å². The van der Waals surface area contributed by atoms with Crippen LogP contribution in [-0.2, 0) is 4.79 Å². The van der Waals surface area contributed by atoms with E-state index in [-0.39, 0.29) is 5.91 Å². The lowest BCUT2D eigenvalue weighted by Gasteiger charge is -2.31. The number of para-hydroxylation sites is 1. The number of fused-ring (bicyclic) bond motifs is 1. The molecular formula is C22H25N3OS2. The fourth-order valence-corrected chi connectivity index (χ4v) is 5.48. The molecule has 4 rings (SSSR count). The van der Waals surface area contributed by atoms with Crippen LogP contribution in [0.5, 0.6) is 0 Å². The Kier molecular flexibility index (Phi) is 6.62. The van der Waals surface area contributed by atoms with Crippen molar-refractivity contribution in [3.63, 3.8) is 0 Å². The van der Waals surface area contributed by atoms with Gasteiger partial charge < -0.3 is 5.32 Å². The molecule has 4 nitrogen and oxygen atoms in total. The zero-order chi connectivity index (χ0) is 19.2. The number of hydrogen-bond acceptors (Lipinski definition) is 5. The van der Waals surface area contributed by atoms with Gasteiger partial charge in [-0.2, -0.15) is 0 Å². The second kappa shape index (κ2) is 9.54. The molecular weight excluding hydrogens is 386 g/mol. The Hall–Kier alpha value is -1.89. The van der Waals surface area contributed by atoms with Gasteiger partial charge in [0.25, 0.3) is 0 Å². The fourth-order valence-electron chi connectivity index (χ4n) is 3.60. The highest BCUT2D eigenvalue weighted by Gasteiger charge is 2.25. The van der Waals surface area contributed by atoms with Gasteiger partial charge in [0.05, 0.1) is 21.8 Å². The molecule has 1 aliphatic rings. The predicted molar refractivity (Wildman–Crippen MR) is 118 cm³/mol. The summed E-state index contributed by atoms with van der Waals surface area (Å²) in [7, 11) is 0. The van der Waals surface area contributed by atoms with E-state index in [0.29, 0.717) is 19.0 Å². The highest BCUT2D eigenvalue weighted by Crippen LogP contribution is 2.32. The maximum atomic E-state index is 12.3. The van der Waals surface area contributed by atoms with Crippen LogP contribution in [0.2, 0.25) is 0 Å². The molecule has 0 saturated carbocycles. The van der Waals surface area contributed by atoms with E-state index in [1.54, 1.807) is 23.1 Å². The quantitative estimate of drug-likeness (QED) is 0.463. The first-order valence-electron chi connectivity index (χ1n) is 9.80. The largest absolute Gasteiger partial charge is 0.354 e. The number of amides is 1. The topological polar surface area (TPSA) is 45.2 Å². The van der Waals surface area contributed by atoms with Gasteiger partial charge in [0.1, 0.15) is 0 Å². The summed E-state index contributed by atoms with van der Waals surface area (Å²) >= 11 is 3.57. The van der Waals surface area contributed by atoms with Crippen molar-refractivity contribution in [2.75, 3.05) is 31.9 Å². The number of aromatic nitrogens is 1. The maximum absolute atomic E-state index is 12.3. The standard InChI is InChI=1S/C22H25N3OS2/c26-21(23-12-14-27-18-8-2-1-3-9-18)16-25-13-6-7-17(15-25)22-24-19-10-4-5-11-20(19)28-22/h1-5,8-11,17H,6-7,12-16H2,(H,23,26)/t17-/m1/s1. The SMILES string of the molecule is O=C(CN1CCC[C@@H](c2nc3ccccc3s2)C1)NCCSc1ccccc1. The van der Waals surface area contributed by atoms with E-state index >= 15 is 0 Å². The highest BCUT2D eigenvalue weighted by atomic mass is 32.2. The van der Waals surface area contributed by atoms with Crippen molar-refractivity contribution in [1.82, 2.24) is 15.2 Å². The minimum atomic E-state index is 0.124. The van der Waals surface area contributed by atoms with Crippen LogP contribution in [0.15, 0.2) is 59.5 Å². The number of carbonyl (C=O) groups is 1. The Morgan fingerprint density at radius 1 is 1.18 bits per heavy atom. The summed E-state index contributed by atoms with van der Waals surface area (Å²) in [6, 6.07) is 18.6. The number of likely N-dealkylation sites (tertiary alicyclic amines) is 1. The number of nitrogens with zero attached hydrogens (tertiary/aromatic N) is 2. The number of thioether (sulfide) groups is 1. The molecule has 0 radical (unpaired) electrons. The van der Waals surface area contributed by atoms with Crippen LogP contribution in [0.25, 0.3) is 10.2 Å². The van der Waals surface area contributed by atoms with E-state index in [1.165, 1.54) is 14.6 Å². The van der Waals surface area contributed by atoms with Gasteiger partial charge in [0.15, 0.2) is 0 Å². The lowest BCUT2D eigenvalue weighted by atomic mass is 9.99. The lowest BCUT2D eigenvalue weighted by molar-refractivity contribution is -0.122. The number of rotatable bonds is 7. The van der Waals surface area contributed by atoms with Crippen LogP contribution in [-0.4, -0.2) is 47.7 Å². The van der Waals surface area contributed by atoms with Crippen LogP contribution < -0.4 is 5.32 Å². The van der Waals surface area contributed by atoms with Gasteiger partial charge in [-0.15, -0.1) is 23.1 Å². The summed E-state index contributed by atoms with van der Waals surface area (Å²) in [5.41, 5.74) is 1.09. The fraction of sp³-hybridized carbons (Fsp3) is 0.364. The molecule has 28 heavy (non-hydrogen) atoms. The molecule has 2 aromatic carbocycles. The molecule has 0 bridgehead atoms. The molecule has 2 heterocycles. The molecule has 1 atom stereocenters. The molecule has 6 heteroatoms. The van der Waals surface area contributed by atoms with E-state index in [2.05, 4.69) is 40.5 Å². The van der Waals surface area contributed by atoms with Gasteiger partial charge in [-0.05, 0) is 43.7 Å². The Labute approximate surface area is 174 Å².